The summed E-state index contributed by atoms with van der Waals surface area (Å²) in [4.78, 5) is 34.1. The molecule has 1 aromatic rings. The van der Waals surface area contributed by atoms with Crippen LogP contribution >= 0.6 is 0 Å². The van der Waals surface area contributed by atoms with Crippen molar-refractivity contribution in [2.24, 2.45) is 11.0 Å². The van der Waals surface area contributed by atoms with E-state index >= 15 is 0 Å². The Bertz CT molecular complexity index is 565. The number of benzene rings is 1. The second-order valence-corrected chi connectivity index (χ2v) is 4.92. The van der Waals surface area contributed by atoms with Crippen molar-refractivity contribution in [3.8, 4) is 0 Å². The predicted octanol–water partition coefficient (Wildman–Crippen LogP) is 0.695. The molecule has 0 atom stereocenters. The molecule has 0 saturated heterocycles. The largest absolute Gasteiger partial charge is 0.465 e. The molecular formula is C15H19N3O4. The Hall–Kier alpha value is -2.70. The Balaban J connectivity index is 2.50. The second kappa shape index (κ2) is 8.56. The number of nitrogens with zero attached hydrogens (tertiary/aromatic N) is 1. The zero-order valence-corrected chi connectivity index (χ0v) is 12.8. The molecule has 0 aliphatic carbocycles. The molecule has 0 unspecified atom stereocenters. The summed E-state index contributed by atoms with van der Waals surface area (Å²) in [5.74, 6) is -1.73. The first-order chi connectivity index (χ1) is 10.4. The number of esters is 1. The minimum atomic E-state index is -0.830. The van der Waals surface area contributed by atoms with Crippen LogP contribution in [-0.2, 0) is 14.3 Å². The Labute approximate surface area is 128 Å². The van der Waals surface area contributed by atoms with Crippen LogP contribution in [0.15, 0.2) is 29.4 Å². The number of hydrogen-bond donors (Lipinski definition) is 2. The van der Waals surface area contributed by atoms with Gasteiger partial charge in [0, 0.05) is 6.54 Å². The Kier molecular flexibility index (Phi) is 6.75. The van der Waals surface area contributed by atoms with Gasteiger partial charge in [0.15, 0.2) is 0 Å². The Morgan fingerprint density at radius 1 is 1.18 bits per heavy atom. The zero-order valence-electron chi connectivity index (χ0n) is 12.8. The van der Waals surface area contributed by atoms with Crippen LogP contribution in [0.3, 0.4) is 0 Å². The highest BCUT2D eigenvalue weighted by atomic mass is 16.5. The average Bonchev–Trinajstić information content (AvgIpc) is 2.52. The van der Waals surface area contributed by atoms with E-state index < -0.39 is 17.8 Å². The summed E-state index contributed by atoms with van der Waals surface area (Å²) in [6.07, 6.45) is 1.37. The van der Waals surface area contributed by atoms with E-state index in [0.29, 0.717) is 17.7 Å². The number of hydrazone groups is 1. The number of methoxy groups -OCH3 is 1. The highest BCUT2D eigenvalue weighted by Crippen LogP contribution is 2.03. The summed E-state index contributed by atoms with van der Waals surface area (Å²) in [5, 5.41) is 6.16. The molecule has 0 saturated carbocycles. The van der Waals surface area contributed by atoms with Crippen LogP contribution in [0.5, 0.6) is 0 Å². The molecule has 1 aromatic carbocycles. The minimum Gasteiger partial charge on any atom is -0.465 e. The molecule has 2 amide bonds. The molecule has 0 bridgehead atoms. The number of nitrogens with one attached hydrogen (secondary N) is 2. The third-order valence-corrected chi connectivity index (χ3v) is 2.59. The van der Waals surface area contributed by atoms with Gasteiger partial charge in [0.05, 0.1) is 18.9 Å². The summed E-state index contributed by atoms with van der Waals surface area (Å²) in [6, 6.07) is 6.43. The number of rotatable bonds is 5. The van der Waals surface area contributed by atoms with Gasteiger partial charge < -0.3 is 10.1 Å². The smallest absolute Gasteiger partial charge is 0.337 e. The summed E-state index contributed by atoms with van der Waals surface area (Å²) in [6.45, 7) is 4.27. The van der Waals surface area contributed by atoms with Crippen molar-refractivity contribution < 1.29 is 19.1 Å². The van der Waals surface area contributed by atoms with Crippen molar-refractivity contribution in [3.63, 3.8) is 0 Å². The summed E-state index contributed by atoms with van der Waals surface area (Å²) < 4.78 is 4.58. The van der Waals surface area contributed by atoms with E-state index in [0.717, 1.165) is 0 Å². The van der Waals surface area contributed by atoms with E-state index in [1.54, 1.807) is 24.3 Å². The van der Waals surface area contributed by atoms with Crippen LogP contribution in [0.1, 0.15) is 29.8 Å². The van der Waals surface area contributed by atoms with E-state index in [9.17, 15) is 14.4 Å². The average molecular weight is 305 g/mol. The summed E-state index contributed by atoms with van der Waals surface area (Å²) in [7, 11) is 1.30. The molecule has 7 nitrogen and oxygen atoms in total. The molecule has 0 fully saturated rings. The summed E-state index contributed by atoms with van der Waals surface area (Å²) in [5.41, 5.74) is 3.21. The van der Waals surface area contributed by atoms with Gasteiger partial charge in [-0.15, -0.1) is 0 Å². The number of hydrogen-bond acceptors (Lipinski definition) is 5. The van der Waals surface area contributed by atoms with Gasteiger partial charge in [-0.2, -0.15) is 5.10 Å². The molecule has 0 heterocycles. The van der Waals surface area contributed by atoms with Crippen molar-refractivity contribution in [3.05, 3.63) is 35.4 Å². The van der Waals surface area contributed by atoms with Crippen molar-refractivity contribution in [2.45, 2.75) is 13.8 Å². The molecule has 1 rings (SSSR count). The normalized spacial score (nSPS) is 10.5. The fourth-order valence-corrected chi connectivity index (χ4v) is 1.42. The van der Waals surface area contributed by atoms with Gasteiger partial charge in [0.25, 0.3) is 0 Å². The van der Waals surface area contributed by atoms with Gasteiger partial charge in [-0.05, 0) is 23.6 Å². The number of carbonyl (C=O) groups excluding carboxylic acids is 3. The van der Waals surface area contributed by atoms with Gasteiger partial charge in [-0.1, -0.05) is 26.0 Å². The van der Waals surface area contributed by atoms with E-state index in [4.69, 9.17) is 0 Å². The molecular weight excluding hydrogens is 286 g/mol. The van der Waals surface area contributed by atoms with Crippen molar-refractivity contribution in [1.82, 2.24) is 10.7 Å². The molecule has 118 valence electrons. The molecule has 22 heavy (non-hydrogen) atoms. The van der Waals surface area contributed by atoms with E-state index in [1.165, 1.54) is 13.3 Å². The van der Waals surface area contributed by atoms with Crippen molar-refractivity contribution in [1.29, 1.82) is 0 Å². The first kappa shape index (κ1) is 17.4. The molecule has 0 aliphatic rings. The molecule has 0 spiro atoms. The van der Waals surface area contributed by atoms with Gasteiger partial charge in [-0.25, -0.2) is 10.2 Å². The standard InChI is InChI=1S/C15H19N3O4/c1-10(2)8-16-13(19)14(20)18-17-9-11-4-6-12(7-5-11)15(21)22-3/h4-7,9-10H,8H2,1-3H3,(H,16,19)(H,18,20). The van der Waals surface area contributed by atoms with Gasteiger partial charge in [-0.3, -0.25) is 9.59 Å². The van der Waals surface area contributed by atoms with Crippen LogP contribution < -0.4 is 10.7 Å². The lowest BCUT2D eigenvalue weighted by atomic mass is 10.1. The van der Waals surface area contributed by atoms with Crippen LogP contribution in [0.25, 0.3) is 0 Å². The monoisotopic (exact) mass is 305 g/mol. The van der Waals surface area contributed by atoms with E-state index in [-0.39, 0.29) is 5.92 Å². The van der Waals surface area contributed by atoms with Crippen LogP contribution in [0.2, 0.25) is 0 Å². The maximum atomic E-state index is 11.4. The highest BCUT2D eigenvalue weighted by Gasteiger charge is 2.12. The van der Waals surface area contributed by atoms with Gasteiger partial charge in [0.1, 0.15) is 0 Å². The number of ether oxygens (including phenoxy) is 1. The molecule has 7 heteroatoms. The first-order valence-electron chi connectivity index (χ1n) is 6.73. The van der Waals surface area contributed by atoms with Crippen LogP contribution in [-0.4, -0.2) is 37.7 Å². The van der Waals surface area contributed by atoms with E-state index in [1.807, 2.05) is 13.8 Å². The predicted molar refractivity (Wildman–Crippen MR) is 81.4 cm³/mol. The lowest BCUT2D eigenvalue weighted by Crippen LogP contribution is -2.39. The molecule has 2 N–H and O–H groups in total. The quantitative estimate of drug-likeness (QED) is 0.362. The second-order valence-electron chi connectivity index (χ2n) is 4.92. The third-order valence-electron chi connectivity index (χ3n) is 2.59. The fourth-order valence-electron chi connectivity index (χ4n) is 1.42. The lowest BCUT2D eigenvalue weighted by molar-refractivity contribution is -0.139. The van der Waals surface area contributed by atoms with Crippen LogP contribution in [0.4, 0.5) is 0 Å². The Morgan fingerprint density at radius 2 is 1.82 bits per heavy atom. The first-order valence-corrected chi connectivity index (χ1v) is 6.73. The van der Waals surface area contributed by atoms with Gasteiger partial charge >= 0.3 is 17.8 Å². The maximum absolute atomic E-state index is 11.4. The Morgan fingerprint density at radius 3 is 2.36 bits per heavy atom. The number of carbonyl (C=O) groups is 3. The SMILES string of the molecule is COC(=O)c1ccc(C=NNC(=O)C(=O)NCC(C)C)cc1. The van der Waals surface area contributed by atoms with Crippen LogP contribution in [0, 0.1) is 5.92 Å². The summed E-state index contributed by atoms with van der Waals surface area (Å²) >= 11 is 0. The van der Waals surface area contributed by atoms with E-state index in [2.05, 4.69) is 20.6 Å². The van der Waals surface area contributed by atoms with Gasteiger partial charge in [0.2, 0.25) is 0 Å². The molecule has 0 aliphatic heterocycles. The number of amides is 2. The minimum absolute atomic E-state index is 0.258. The maximum Gasteiger partial charge on any atom is 0.337 e. The van der Waals surface area contributed by atoms with Crippen molar-refractivity contribution in [2.75, 3.05) is 13.7 Å². The zero-order chi connectivity index (χ0) is 16.5. The van der Waals surface area contributed by atoms with Crippen molar-refractivity contribution >= 4 is 24.0 Å². The molecule has 0 aromatic heterocycles. The lowest BCUT2D eigenvalue weighted by Gasteiger charge is -2.05. The highest BCUT2D eigenvalue weighted by molar-refractivity contribution is 6.35. The molecule has 0 radical (unpaired) electrons. The third kappa shape index (κ3) is 5.74. The fraction of sp³-hybridized carbons (Fsp3) is 0.333. The topological polar surface area (TPSA) is 96.9 Å².